The van der Waals surface area contributed by atoms with Gasteiger partial charge in [-0.1, -0.05) is 0 Å². The summed E-state index contributed by atoms with van der Waals surface area (Å²) < 4.78 is 29.5. The third-order valence-electron chi connectivity index (χ3n) is 6.93. The van der Waals surface area contributed by atoms with Gasteiger partial charge in [-0.2, -0.15) is 5.26 Å². The molecule has 1 unspecified atom stereocenters. The lowest BCUT2D eigenvalue weighted by Crippen LogP contribution is -2.70. The Hall–Kier alpha value is -2.44. The van der Waals surface area contributed by atoms with Gasteiger partial charge in [0.25, 0.3) is 0 Å². The van der Waals surface area contributed by atoms with Crippen molar-refractivity contribution in [1.29, 1.82) is 5.26 Å². The molecule has 0 radical (unpaired) electrons. The van der Waals surface area contributed by atoms with Crippen molar-refractivity contribution in [1.82, 2.24) is 23.8 Å². The summed E-state index contributed by atoms with van der Waals surface area (Å²) in [6.45, 7) is 0.830. The average molecular weight is 396 g/mol. The van der Waals surface area contributed by atoms with E-state index in [4.69, 9.17) is 5.26 Å². The number of hydrogen-bond acceptors (Lipinski definition) is 5. The molecule has 3 saturated carbocycles. The van der Waals surface area contributed by atoms with Crippen molar-refractivity contribution < 1.29 is 8.42 Å². The first-order chi connectivity index (χ1) is 13.4. The number of pyridine rings is 1. The van der Waals surface area contributed by atoms with E-state index in [1.54, 1.807) is 6.20 Å². The van der Waals surface area contributed by atoms with Gasteiger partial charge in [0.2, 0.25) is 10.0 Å². The number of nitriles is 1. The van der Waals surface area contributed by atoms with E-state index in [-0.39, 0.29) is 22.6 Å². The number of nitrogens with one attached hydrogen (secondary N) is 1. The van der Waals surface area contributed by atoms with Crippen LogP contribution in [0.15, 0.2) is 24.8 Å². The molecule has 28 heavy (non-hydrogen) atoms. The van der Waals surface area contributed by atoms with Crippen LogP contribution in [0.1, 0.15) is 25.7 Å². The third-order valence-corrected chi connectivity index (χ3v) is 9.03. The fourth-order valence-electron chi connectivity index (χ4n) is 5.78. The van der Waals surface area contributed by atoms with Crippen molar-refractivity contribution in [3.63, 3.8) is 0 Å². The minimum Gasteiger partial charge on any atom is -0.346 e. The highest BCUT2D eigenvalue weighted by Gasteiger charge is 2.70. The van der Waals surface area contributed by atoms with Crippen LogP contribution >= 0.6 is 0 Å². The number of nitrogens with zero attached hydrogens (tertiary/aromatic N) is 5. The average Bonchev–Trinajstić information content (AvgIpc) is 3.34. The molecular weight excluding hydrogens is 376 g/mol. The van der Waals surface area contributed by atoms with Crippen molar-refractivity contribution in [2.24, 2.45) is 11.3 Å². The molecule has 7 rings (SSSR count). The first-order valence-electron chi connectivity index (χ1n) is 9.61. The molecule has 3 aliphatic carbocycles. The van der Waals surface area contributed by atoms with Gasteiger partial charge in [0.1, 0.15) is 11.2 Å². The van der Waals surface area contributed by atoms with Crippen molar-refractivity contribution in [3.8, 4) is 6.07 Å². The summed E-state index contributed by atoms with van der Waals surface area (Å²) in [4.78, 5) is 12.1. The summed E-state index contributed by atoms with van der Waals surface area (Å²) >= 11 is 0. The van der Waals surface area contributed by atoms with E-state index in [1.807, 2.05) is 18.6 Å². The highest BCUT2D eigenvalue weighted by atomic mass is 32.2. The molecule has 4 aliphatic rings. The first kappa shape index (κ1) is 16.5. The largest absolute Gasteiger partial charge is 0.346 e. The van der Waals surface area contributed by atoms with E-state index >= 15 is 0 Å². The van der Waals surface area contributed by atoms with Crippen LogP contribution in [0.3, 0.4) is 0 Å². The number of imidazole rings is 1. The first-order valence-corrected chi connectivity index (χ1v) is 11.2. The fourth-order valence-corrected chi connectivity index (χ4v) is 7.83. The number of rotatable bonds is 4. The molecule has 1 aliphatic heterocycles. The van der Waals surface area contributed by atoms with Crippen LogP contribution in [0.4, 0.5) is 0 Å². The molecule has 0 amide bonds. The number of hydrogen-bond donors (Lipinski definition) is 1. The van der Waals surface area contributed by atoms with Crippen molar-refractivity contribution in [2.45, 2.75) is 31.2 Å². The van der Waals surface area contributed by atoms with Gasteiger partial charge in [0.15, 0.2) is 0 Å². The van der Waals surface area contributed by atoms with Crippen LogP contribution in [0.2, 0.25) is 0 Å². The SMILES string of the molecule is N#CC1CCN(S(=O)(=O)CC23CC(n4cnc5cnc6[nH]ccc6c54)(C2)C3)C1. The number of H-pyrrole nitrogens is 1. The van der Waals surface area contributed by atoms with Crippen molar-refractivity contribution in [3.05, 3.63) is 24.8 Å². The molecular formula is C19H20N6O2S. The molecule has 1 N–H and O–H groups in total. The van der Waals surface area contributed by atoms with Gasteiger partial charge in [-0.15, -0.1) is 0 Å². The van der Waals surface area contributed by atoms with Crippen LogP contribution in [0.5, 0.6) is 0 Å². The monoisotopic (exact) mass is 396 g/mol. The summed E-state index contributed by atoms with van der Waals surface area (Å²) in [6.07, 6.45) is 8.81. The van der Waals surface area contributed by atoms with Gasteiger partial charge in [0.05, 0.1) is 35.8 Å². The highest BCUT2D eigenvalue weighted by molar-refractivity contribution is 7.89. The minimum absolute atomic E-state index is 0.0178. The molecule has 1 saturated heterocycles. The number of sulfonamides is 1. The fraction of sp³-hybridized carbons (Fsp3) is 0.526. The number of aromatic nitrogens is 4. The predicted molar refractivity (Wildman–Crippen MR) is 103 cm³/mol. The predicted octanol–water partition coefficient (Wildman–Crippen LogP) is 1.97. The second-order valence-corrected chi connectivity index (χ2v) is 10.8. The minimum atomic E-state index is -3.31. The Kier molecular flexibility index (Phi) is 3.02. The van der Waals surface area contributed by atoms with E-state index in [2.05, 4.69) is 25.6 Å². The smallest absolute Gasteiger partial charge is 0.214 e. The zero-order valence-corrected chi connectivity index (χ0v) is 16.1. The number of fused-ring (bicyclic) bond motifs is 3. The quantitative estimate of drug-likeness (QED) is 0.725. The molecule has 3 aromatic heterocycles. The maximum Gasteiger partial charge on any atom is 0.214 e. The van der Waals surface area contributed by atoms with Gasteiger partial charge in [-0.05, 0) is 37.2 Å². The Balaban J connectivity index is 1.26. The van der Waals surface area contributed by atoms with Crippen LogP contribution in [-0.2, 0) is 15.6 Å². The Morgan fingerprint density at radius 3 is 2.89 bits per heavy atom. The molecule has 1 atom stereocenters. The molecule has 9 heteroatoms. The Morgan fingerprint density at radius 1 is 1.32 bits per heavy atom. The molecule has 0 aromatic carbocycles. The zero-order chi connectivity index (χ0) is 19.1. The summed E-state index contributed by atoms with van der Waals surface area (Å²) in [5.74, 6) is 0.0389. The molecule has 0 spiro atoms. The molecule has 4 fully saturated rings. The highest BCUT2D eigenvalue weighted by Crippen LogP contribution is 2.72. The van der Waals surface area contributed by atoms with Gasteiger partial charge in [-0.3, -0.25) is 0 Å². The van der Waals surface area contributed by atoms with E-state index in [9.17, 15) is 8.42 Å². The molecule has 2 bridgehead atoms. The lowest BCUT2D eigenvalue weighted by Gasteiger charge is -2.71. The van der Waals surface area contributed by atoms with Gasteiger partial charge >= 0.3 is 0 Å². The second kappa shape index (κ2) is 5.13. The molecule has 8 nitrogen and oxygen atoms in total. The van der Waals surface area contributed by atoms with E-state index in [1.165, 1.54) is 4.31 Å². The topological polar surface area (TPSA) is 108 Å². The van der Waals surface area contributed by atoms with Gasteiger partial charge in [-0.25, -0.2) is 22.7 Å². The van der Waals surface area contributed by atoms with Gasteiger partial charge in [0, 0.05) is 30.2 Å². The van der Waals surface area contributed by atoms with Crippen molar-refractivity contribution >= 4 is 32.1 Å². The number of aromatic amines is 1. The maximum absolute atomic E-state index is 12.9. The lowest BCUT2D eigenvalue weighted by molar-refractivity contribution is -0.168. The third kappa shape index (κ3) is 2.05. The van der Waals surface area contributed by atoms with E-state index in [0.717, 1.165) is 41.3 Å². The van der Waals surface area contributed by atoms with Crippen molar-refractivity contribution in [2.75, 3.05) is 18.8 Å². The van der Waals surface area contributed by atoms with Crippen LogP contribution < -0.4 is 0 Å². The summed E-state index contributed by atoms with van der Waals surface area (Å²) in [6, 6.07) is 4.22. The maximum atomic E-state index is 12.9. The molecule has 4 heterocycles. The molecule has 3 aromatic rings. The van der Waals surface area contributed by atoms with Crippen LogP contribution in [0, 0.1) is 22.7 Å². The van der Waals surface area contributed by atoms with E-state index in [0.29, 0.717) is 19.5 Å². The Morgan fingerprint density at radius 2 is 2.14 bits per heavy atom. The van der Waals surface area contributed by atoms with E-state index < -0.39 is 10.0 Å². The lowest BCUT2D eigenvalue weighted by atomic mass is 9.40. The normalized spacial score (nSPS) is 32.3. The second-order valence-electron chi connectivity index (χ2n) is 8.83. The molecule has 144 valence electrons. The van der Waals surface area contributed by atoms with Crippen LogP contribution in [-0.4, -0.2) is 51.1 Å². The Labute approximate surface area is 162 Å². The summed E-state index contributed by atoms with van der Waals surface area (Å²) in [5, 5.41) is 10.1. The standard InChI is InChI=1S/C19H20N6O2S/c20-5-13-2-4-24(7-13)28(26,27)11-18-8-19(9-18,10-18)25-12-23-15-6-22-17-14(16(15)25)1-3-21-17/h1,3,6,12-13H,2,4,7-11H2,(H,21,22). The zero-order valence-electron chi connectivity index (χ0n) is 15.3. The van der Waals surface area contributed by atoms with Crippen LogP contribution in [0.25, 0.3) is 22.1 Å². The summed E-state index contributed by atoms with van der Waals surface area (Å²) in [7, 11) is -3.31. The van der Waals surface area contributed by atoms with Gasteiger partial charge < -0.3 is 9.55 Å². The Bertz CT molecular complexity index is 1250. The summed E-state index contributed by atoms with van der Waals surface area (Å²) in [5.41, 5.74) is 2.66.